The zero-order valence-corrected chi connectivity index (χ0v) is 6.40. The third-order valence-corrected chi connectivity index (χ3v) is 1.28. The molecule has 0 fully saturated rings. The van der Waals surface area contributed by atoms with E-state index in [1.54, 1.807) is 0 Å². The molecule has 65 valence electrons. The zero-order valence-electron chi connectivity index (χ0n) is 6.40. The largest absolute Gasteiger partial charge is 0.293 e. The molecule has 0 aromatic carbocycles. The predicted molar refractivity (Wildman–Crippen MR) is 39.2 cm³/mol. The molecule has 1 aromatic rings. The molecular formula is C5H9N6O. The maximum Gasteiger partial charge on any atom is 0.255 e. The lowest BCUT2D eigenvalue weighted by molar-refractivity contribution is -0.121. The van der Waals surface area contributed by atoms with E-state index >= 15 is 0 Å². The first-order valence-corrected chi connectivity index (χ1v) is 3.31. The van der Waals surface area contributed by atoms with E-state index in [-0.39, 0.29) is 12.5 Å². The first-order chi connectivity index (χ1) is 5.77. The highest BCUT2D eigenvalue weighted by atomic mass is 16.2. The van der Waals surface area contributed by atoms with Crippen molar-refractivity contribution in [1.29, 1.82) is 0 Å². The summed E-state index contributed by atoms with van der Waals surface area (Å²) in [7, 11) is 0. The van der Waals surface area contributed by atoms with Gasteiger partial charge in [-0.15, -0.1) is 5.10 Å². The molecule has 0 unspecified atom stereocenters. The van der Waals surface area contributed by atoms with Crippen molar-refractivity contribution >= 4 is 5.91 Å². The highest BCUT2D eigenvalue weighted by molar-refractivity contribution is 5.74. The molecule has 0 bridgehead atoms. The van der Waals surface area contributed by atoms with E-state index in [2.05, 4.69) is 22.4 Å². The Morgan fingerprint density at radius 2 is 2.50 bits per heavy atom. The summed E-state index contributed by atoms with van der Waals surface area (Å²) in [6.45, 7) is 3.62. The summed E-state index contributed by atoms with van der Waals surface area (Å²) in [5.41, 5.74) is 1.98. The van der Waals surface area contributed by atoms with Crippen LogP contribution in [-0.2, 0) is 17.8 Å². The lowest BCUT2D eigenvalue weighted by atomic mass is 10.4. The molecule has 0 atom stereocenters. The summed E-state index contributed by atoms with van der Waals surface area (Å²) < 4.78 is 1.34. The lowest BCUT2D eigenvalue weighted by Gasteiger charge is -2.00. The molecule has 1 heterocycles. The van der Waals surface area contributed by atoms with E-state index < -0.39 is 0 Å². The SMILES string of the molecule is [CH2]Cc1nnnn1CC(=O)NN. The number of hydrazine groups is 1. The van der Waals surface area contributed by atoms with E-state index in [4.69, 9.17) is 5.84 Å². The minimum Gasteiger partial charge on any atom is -0.293 e. The molecule has 1 radical (unpaired) electrons. The number of nitrogens with zero attached hydrogens (tertiary/aromatic N) is 4. The Hall–Kier alpha value is -1.50. The molecule has 12 heavy (non-hydrogen) atoms. The van der Waals surface area contributed by atoms with Crippen LogP contribution in [0.1, 0.15) is 5.82 Å². The number of rotatable bonds is 3. The number of hydrogen-bond acceptors (Lipinski definition) is 5. The fourth-order valence-corrected chi connectivity index (χ4v) is 0.707. The van der Waals surface area contributed by atoms with Gasteiger partial charge in [0.25, 0.3) is 5.91 Å². The Labute approximate surface area is 68.9 Å². The first-order valence-electron chi connectivity index (χ1n) is 3.31. The third kappa shape index (κ3) is 1.76. The summed E-state index contributed by atoms with van der Waals surface area (Å²) in [6.07, 6.45) is 0.435. The van der Waals surface area contributed by atoms with Crippen LogP contribution < -0.4 is 11.3 Å². The number of hydrogen-bond donors (Lipinski definition) is 2. The van der Waals surface area contributed by atoms with Gasteiger partial charge in [0, 0.05) is 6.42 Å². The van der Waals surface area contributed by atoms with Gasteiger partial charge in [-0.05, 0) is 17.4 Å². The highest BCUT2D eigenvalue weighted by Gasteiger charge is 2.06. The fourth-order valence-electron chi connectivity index (χ4n) is 0.707. The van der Waals surface area contributed by atoms with Crippen molar-refractivity contribution in [2.24, 2.45) is 5.84 Å². The summed E-state index contributed by atoms with van der Waals surface area (Å²) in [5, 5.41) is 10.6. The molecule has 1 aromatic heterocycles. The van der Waals surface area contributed by atoms with Gasteiger partial charge in [0.15, 0.2) is 5.82 Å². The van der Waals surface area contributed by atoms with Gasteiger partial charge in [0.05, 0.1) is 0 Å². The number of tetrazole rings is 1. The van der Waals surface area contributed by atoms with Gasteiger partial charge in [-0.25, -0.2) is 10.5 Å². The van der Waals surface area contributed by atoms with Gasteiger partial charge in [-0.1, -0.05) is 0 Å². The van der Waals surface area contributed by atoms with Gasteiger partial charge in [0.2, 0.25) is 0 Å². The molecule has 0 aliphatic carbocycles. The van der Waals surface area contributed by atoms with Crippen LogP contribution in [0, 0.1) is 6.92 Å². The topological polar surface area (TPSA) is 98.7 Å². The Balaban J connectivity index is 2.68. The molecule has 7 heteroatoms. The average molecular weight is 169 g/mol. The summed E-state index contributed by atoms with van der Waals surface area (Å²) in [4.78, 5) is 10.8. The molecule has 7 nitrogen and oxygen atoms in total. The minimum atomic E-state index is -0.350. The maximum atomic E-state index is 10.8. The number of nitrogens with one attached hydrogen (secondary N) is 1. The van der Waals surface area contributed by atoms with Crippen molar-refractivity contribution < 1.29 is 4.79 Å². The van der Waals surface area contributed by atoms with E-state index in [0.717, 1.165) is 0 Å². The van der Waals surface area contributed by atoms with Crippen molar-refractivity contribution in [3.05, 3.63) is 12.7 Å². The van der Waals surface area contributed by atoms with Crippen molar-refractivity contribution in [3.63, 3.8) is 0 Å². The van der Waals surface area contributed by atoms with Crippen molar-refractivity contribution in [1.82, 2.24) is 25.6 Å². The van der Waals surface area contributed by atoms with Gasteiger partial charge < -0.3 is 0 Å². The molecule has 1 amide bonds. The molecule has 1 rings (SSSR count). The van der Waals surface area contributed by atoms with Crippen LogP contribution >= 0.6 is 0 Å². The van der Waals surface area contributed by atoms with E-state index in [0.29, 0.717) is 12.2 Å². The number of nitrogens with two attached hydrogens (primary N) is 1. The van der Waals surface area contributed by atoms with Crippen molar-refractivity contribution in [3.8, 4) is 0 Å². The Morgan fingerprint density at radius 3 is 3.08 bits per heavy atom. The van der Waals surface area contributed by atoms with Crippen molar-refractivity contribution in [2.45, 2.75) is 13.0 Å². The molecule has 0 spiro atoms. The van der Waals surface area contributed by atoms with Crippen LogP contribution in [0.25, 0.3) is 0 Å². The Bertz CT molecular complexity index is 269. The van der Waals surface area contributed by atoms with Crippen LogP contribution in [0.2, 0.25) is 0 Å². The summed E-state index contributed by atoms with van der Waals surface area (Å²) >= 11 is 0. The molecule has 0 saturated carbocycles. The smallest absolute Gasteiger partial charge is 0.255 e. The van der Waals surface area contributed by atoms with Gasteiger partial charge in [0.1, 0.15) is 6.54 Å². The first kappa shape index (κ1) is 8.60. The van der Waals surface area contributed by atoms with Gasteiger partial charge in [-0.3, -0.25) is 10.2 Å². The number of aromatic nitrogens is 4. The Morgan fingerprint density at radius 1 is 1.75 bits per heavy atom. The van der Waals surface area contributed by atoms with Crippen molar-refractivity contribution in [2.75, 3.05) is 0 Å². The van der Waals surface area contributed by atoms with Crippen LogP contribution in [-0.4, -0.2) is 26.1 Å². The lowest BCUT2D eigenvalue weighted by Crippen LogP contribution is -2.34. The fraction of sp³-hybridized carbons (Fsp3) is 0.400. The molecule has 0 aliphatic heterocycles. The molecule has 0 saturated heterocycles. The normalized spacial score (nSPS) is 9.83. The highest BCUT2D eigenvalue weighted by Crippen LogP contribution is 1.91. The van der Waals surface area contributed by atoms with E-state index in [1.165, 1.54) is 4.68 Å². The predicted octanol–water partition coefficient (Wildman–Crippen LogP) is -1.96. The quantitative estimate of drug-likeness (QED) is 0.311. The Kier molecular flexibility index (Phi) is 2.70. The summed E-state index contributed by atoms with van der Waals surface area (Å²) in [6, 6.07) is 0. The zero-order chi connectivity index (χ0) is 8.97. The van der Waals surface area contributed by atoms with E-state index in [1.807, 2.05) is 5.43 Å². The van der Waals surface area contributed by atoms with E-state index in [9.17, 15) is 4.79 Å². The van der Waals surface area contributed by atoms with Crippen LogP contribution in [0.3, 0.4) is 0 Å². The molecule has 0 aliphatic rings. The summed E-state index contributed by atoms with van der Waals surface area (Å²) in [5.74, 6) is 5.09. The molecule has 3 N–H and O–H groups in total. The van der Waals surface area contributed by atoms with Crippen LogP contribution in [0.5, 0.6) is 0 Å². The second-order valence-corrected chi connectivity index (χ2v) is 2.07. The third-order valence-electron chi connectivity index (χ3n) is 1.28. The second kappa shape index (κ2) is 3.77. The monoisotopic (exact) mass is 169 g/mol. The van der Waals surface area contributed by atoms with Gasteiger partial charge in [-0.2, -0.15) is 0 Å². The number of carbonyl (C=O) groups is 1. The number of carbonyl (C=O) groups excluding carboxylic acids is 1. The molecular weight excluding hydrogens is 160 g/mol. The van der Waals surface area contributed by atoms with Gasteiger partial charge >= 0.3 is 0 Å². The number of amides is 1. The van der Waals surface area contributed by atoms with Crippen LogP contribution in [0.15, 0.2) is 0 Å². The average Bonchev–Trinajstić information content (AvgIpc) is 2.51. The maximum absolute atomic E-state index is 10.8. The standard InChI is InChI=1S/C5H9N6O/c1-2-4-8-9-10-11(4)3-5(12)7-6/h1-3,6H2,(H,7,12). The minimum absolute atomic E-state index is 0.0222. The second-order valence-electron chi connectivity index (χ2n) is 2.07. The van der Waals surface area contributed by atoms with Crippen LogP contribution in [0.4, 0.5) is 0 Å².